The molecule has 3 rings (SSSR count). The monoisotopic (exact) mass is 269 g/mol. The maximum atomic E-state index is 5.54. The van der Waals surface area contributed by atoms with E-state index in [2.05, 4.69) is 11.4 Å². The summed E-state index contributed by atoms with van der Waals surface area (Å²) in [5, 5.41) is 3.50. The molecule has 4 heteroatoms. The molecule has 2 aliphatic rings. The van der Waals surface area contributed by atoms with Gasteiger partial charge in [0.25, 0.3) is 0 Å². The van der Waals surface area contributed by atoms with Crippen LogP contribution in [-0.4, -0.2) is 27.3 Å². The van der Waals surface area contributed by atoms with Crippen LogP contribution in [0.15, 0.2) is 12.1 Å². The third-order valence-electron chi connectivity index (χ3n) is 4.19. The van der Waals surface area contributed by atoms with Gasteiger partial charge >= 0.3 is 0 Å². The minimum absolute atomic E-state index is 0. The Labute approximate surface area is 114 Å². The largest absolute Gasteiger partial charge is 0.493 e. The summed E-state index contributed by atoms with van der Waals surface area (Å²) >= 11 is 0. The van der Waals surface area contributed by atoms with Crippen LogP contribution in [0, 0.1) is 5.92 Å². The molecule has 1 fully saturated rings. The minimum Gasteiger partial charge on any atom is -0.493 e. The molecule has 0 radical (unpaired) electrons. The minimum atomic E-state index is 0. The standard InChI is InChI=1S/C14H19NO2.ClH/c1-16-13-6-5-10-11(14(13)17-2)4-3-9-7-15-8-12(9)10;/h5-6,9,12,15H,3-4,7-8H2,1-2H3;1H/t9-,12-;/m1./s1. The lowest BCUT2D eigenvalue weighted by atomic mass is 9.76. The number of rotatable bonds is 2. The molecule has 100 valence electrons. The van der Waals surface area contributed by atoms with Gasteiger partial charge in [-0.15, -0.1) is 12.4 Å². The lowest BCUT2D eigenvalue weighted by Crippen LogP contribution is -2.19. The Morgan fingerprint density at radius 3 is 2.72 bits per heavy atom. The Morgan fingerprint density at radius 2 is 2.00 bits per heavy atom. The van der Waals surface area contributed by atoms with Crippen LogP contribution in [0.2, 0.25) is 0 Å². The van der Waals surface area contributed by atoms with Crippen LogP contribution in [0.4, 0.5) is 0 Å². The molecule has 1 aliphatic heterocycles. The Morgan fingerprint density at radius 1 is 1.17 bits per heavy atom. The summed E-state index contributed by atoms with van der Waals surface area (Å²) in [6, 6.07) is 4.26. The van der Waals surface area contributed by atoms with Crippen molar-refractivity contribution in [2.24, 2.45) is 5.92 Å². The molecular formula is C14H20ClNO2. The van der Waals surface area contributed by atoms with E-state index in [-0.39, 0.29) is 12.4 Å². The van der Waals surface area contributed by atoms with Gasteiger partial charge < -0.3 is 14.8 Å². The van der Waals surface area contributed by atoms with Crippen molar-refractivity contribution in [2.75, 3.05) is 27.3 Å². The van der Waals surface area contributed by atoms with Gasteiger partial charge in [0, 0.05) is 18.0 Å². The first kappa shape index (κ1) is 13.5. The summed E-state index contributed by atoms with van der Waals surface area (Å²) in [5.41, 5.74) is 2.82. The fourth-order valence-electron chi connectivity index (χ4n) is 3.34. The zero-order valence-electron chi connectivity index (χ0n) is 10.9. The number of fused-ring (bicyclic) bond motifs is 3. The van der Waals surface area contributed by atoms with E-state index in [1.807, 2.05) is 6.07 Å². The van der Waals surface area contributed by atoms with Crippen LogP contribution in [0.25, 0.3) is 0 Å². The van der Waals surface area contributed by atoms with E-state index in [1.54, 1.807) is 14.2 Å². The van der Waals surface area contributed by atoms with E-state index in [0.29, 0.717) is 5.92 Å². The predicted octanol–water partition coefficient (Wildman–Crippen LogP) is 2.37. The van der Waals surface area contributed by atoms with Gasteiger partial charge in [0.1, 0.15) is 0 Å². The summed E-state index contributed by atoms with van der Waals surface area (Å²) in [4.78, 5) is 0. The normalized spacial score (nSPS) is 24.8. The van der Waals surface area contributed by atoms with Gasteiger partial charge in [-0.3, -0.25) is 0 Å². The molecule has 18 heavy (non-hydrogen) atoms. The predicted molar refractivity (Wildman–Crippen MR) is 74.2 cm³/mol. The first-order valence-corrected chi connectivity index (χ1v) is 6.29. The molecule has 1 saturated heterocycles. The van der Waals surface area contributed by atoms with Crippen LogP contribution in [0.5, 0.6) is 11.5 Å². The summed E-state index contributed by atoms with van der Waals surface area (Å²) in [5.74, 6) is 3.27. The summed E-state index contributed by atoms with van der Waals surface area (Å²) < 4.78 is 10.9. The molecule has 0 unspecified atom stereocenters. The van der Waals surface area contributed by atoms with Crippen molar-refractivity contribution in [1.82, 2.24) is 5.32 Å². The molecule has 0 amide bonds. The molecule has 1 N–H and O–H groups in total. The summed E-state index contributed by atoms with van der Waals surface area (Å²) in [6.07, 6.45) is 2.37. The van der Waals surface area contributed by atoms with Gasteiger partial charge in [-0.25, -0.2) is 0 Å². The highest BCUT2D eigenvalue weighted by Gasteiger charge is 2.35. The lowest BCUT2D eigenvalue weighted by molar-refractivity contribution is 0.344. The highest BCUT2D eigenvalue weighted by molar-refractivity contribution is 5.85. The highest BCUT2D eigenvalue weighted by Crippen LogP contribution is 2.45. The van der Waals surface area contributed by atoms with Crippen molar-refractivity contribution in [2.45, 2.75) is 18.8 Å². The molecule has 1 aromatic rings. The summed E-state index contributed by atoms with van der Waals surface area (Å²) in [7, 11) is 3.43. The third-order valence-corrected chi connectivity index (χ3v) is 4.19. The first-order chi connectivity index (χ1) is 8.35. The summed E-state index contributed by atoms with van der Waals surface area (Å²) in [6.45, 7) is 2.27. The van der Waals surface area contributed by atoms with Gasteiger partial charge in [0.15, 0.2) is 11.5 Å². The molecular weight excluding hydrogens is 250 g/mol. The van der Waals surface area contributed by atoms with Crippen LogP contribution in [0.3, 0.4) is 0 Å². The lowest BCUT2D eigenvalue weighted by Gasteiger charge is -2.29. The molecule has 1 aromatic carbocycles. The zero-order valence-corrected chi connectivity index (χ0v) is 11.7. The molecule has 0 spiro atoms. The first-order valence-electron chi connectivity index (χ1n) is 6.29. The Balaban J connectivity index is 0.00000120. The average Bonchev–Trinajstić information content (AvgIpc) is 2.85. The molecule has 1 heterocycles. The van der Waals surface area contributed by atoms with E-state index in [0.717, 1.165) is 30.4 Å². The van der Waals surface area contributed by atoms with E-state index < -0.39 is 0 Å². The fraction of sp³-hybridized carbons (Fsp3) is 0.571. The van der Waals surface area contributed by atoms with Crippen molar-refractivity contribution < 1.29 is 9.47 Å². The number of ether oxygens (including phenoxy) is 2. The fourth-order valence-corrected chi connectivity index (χ4v) is 3.34. The molecule has 0 bridgehead atoms. The van der Waals surface area contributed by atoms with Crippen LogP contribution in [0.1, 0.15) is 23.5 Å². The van der Waals surface area contributed by atoms with Gasteiger partial charge in [-0.1, -0.05) is 6.07 Å². The van der Waals surface area contributed by atoms with Gasteiger partial charge in [-0.2, -0.15) is 0 Å². The second-order valence-corrected chi connectivity index (χ2v) is 4.93. The molecule has 2 atom stereocenters. The van der Waals surface area contributed by atoms with Gasteiger partial charge in [0.2, 0.25) is 0 Å². The van der Waals surface area contributed by atoms with Crippen molar-refractivity contribution in [3.8, 4) is 11.5 Å². The van der Waals surface area contributed by atoms with Crippen LogP contribution < -0.4 is 14.8 Å². The van der Waals surface area contributed by atoms with E-state index in [4.69, 9.17) is 9.47 Å². The number of hydrogen-bond donors (Lipinski definition) is 1. The zero-order chi connectivity index (χ0) is 11.8. The maximum Gasteiger partial charge on any atom is 0.164 e. The number of halogens is 1. The van der Waals surface area contributed by atoms with E-state index >= 15 is 0 Å². The number of benzene rings is 1. The second-order valence-electron chi connectivity index (χ2n) is 4.93. The second kappa shape index (κ2) is 5.37. The van der Waals surface area contributed by atoms with Gasteiger partial charge in [-0.05, 0) is 36.9 Å². The number of hydrogen-bond acceptors (Lipinski definition) is 3. The quantitative estimate of drug-likeness (QED) is 0.894. The Hall–Kier alpha value is -0.930. The van der Waals surface area contributed by atoms with Gasteiger partial charge in [0.05, 0.1) is 14.2 Å². The van der Waals surface area contributed by atoms with E-state index in [1.165, 1.54) is 24.1 Å². The number of methoxy groups -OCH3 is 2. The van der Waals surface area contributed by atoms with Crippen molar-refractivity contribution in [1.29, 1.82) is 0 Å². The van der Waals surface area contributed by atoms with Crippen molar-refractivity contribution >= 4 is 12.4 Å². The van der Waals surface area contributed by atoms with E-state index in [9.17, 15) is 0 Å². The third kappa shape index (κ3) is 1.95. The molecule has 1 aliphatic carbocycles. The van der Waals surface area contributed by atoms with Crippen molar-refractivity contribution in [3.63, 3.8) is 0 Å². The molecule has 3 nitrogen and oxygen atoms in total. The average molecular weight is 270 g/mol. The SMILES string of the molecule is COc1ccc2c(c1OC)CC[C@@H]1CNC[C@@H]21.Cl. The van der Waals surface area contributed by atoms with Crippen molar-refractivity contribution in [3.05, 3.63) is 23.3 Å². The molecule has 0 saturated carbocycles. The smallest absolute Gasteiger partial charge is 0.164 e. The maximum absolute atomic E-state index is 5.54. The Kier molecular flexibility index (Phi) is 4.03. The van der Waals surface area contributed by atoms with Crippen LogP contribution >= 0.6 is 12.4 Å². The number of nitrogens with one attached hydrogen (secondary N) is 1. The molecule has 0 aromatic heterocycles. The topological polar surface area (TPSA) is 30.5 Å². The van der Waals surface area contributed by atoms with Crippen LogP contribution in [-0.2, 0) is 6.42 Å². The Bertz CT molecular complexity index is 436. The highest BCUT2D eigenvalue weighted by atomic mass is 35.5.